The summed E-state index contributed by atoms with van der Waals surface area (Å²) in [6.07, 6.45) is -0.800. The molecule has 2 aromatic carbocycles. The molecule has 0 saturated carbocycles. The van der Waals surface area contributed by atoms with Crippen molar-refractivity contribution in [3.8, 4) is 0 Å². The van der Waals surface area contributed by atoms with Gasteiger partial charge in [-0.3, -0.25) is 14.4 Å². The Bertz CT molecular complexity index is 810. The van der Waals surface area contributed by atoms with E-state index in [-0.39, 0.29) is 13.2 Å². The molecule has 6 nitrogen and oxygen atoms in total. The number of ketones is 1. The molecule has 0 spiro atoms. The quantitative estimate of drug-likeness (QED) is 0.420. The Kier molecular flexibility index (Phi) is 7.15. The fraction of sp³-hybridized carbons (Fsp3) is 0.167. The minimum atomic E-state index is -1.67. The van der Waals surface area contributed by atoms with E-state index in [1.54, 1.807) is 18.2 Å². The normalized spacial score (nSPS) is 10.4. The van der Waals surface area contributed by atoms with Crippen LogP contribution < -0.4 is 0 Å². The van der Waals surface area contributed by atoms with Gasteiger partial charge < -0.3 is 5.11 Å². The number of benzene rings is 2. The molecule has 0 radical (unpaired) electrons. The summed E-state index contributed by atoms with van der Waals surface area (Å²) in [5.74, 6) is -3.65. The molecule has 0 aromatic heterocycles. The van der Waals surface area contributed by atoms with Crippen molar-refractivity contribution in [2.45, 2.75) is 19.6 Å². The third-order valence-electron chi connectivity index (χ3n) is 3.37. The molecule has 8 heteroatoms. The van der Waals surface area contributed by atoms with Crippen molar-refractivity contribution in [3.63, 3.8) is 0 Å². The van der Waals surface area contributed by atoms with Gasteiger partial charge in [0.1, 0.15) is 6.61 Å². The van der Waals surface area contributed by atoms with Gasteiger partial charge in [0.25, 0.3) is 5.91 Å². The SMILES string of the molecule is O=C(O)C(=O)CC(=O)N(Cc1ccc(Cl)c(Cl)c1)OCc1ccccc1. The van der Waals surface area contributed by atoms with E-state index in [1.807, 2.05) is 30.3 Å². The number of carboxylic acid groups (broad SMARTS) is 1. The minimum absolute atomic E-state index is 0.0184. The maximum absolute atomic E-state index is 12.3. The van der Waals surface area contributed by atoms with Crippen LogP contribution in [0.15, 0.2) is 48.5 Å². The summed E-state index contributed by atoms with van der Waals surface area (Å²) < 4.78 is 0. The van der Waals surface area contributed by atoms with Crippen molar-refractivity contribution in [2.75, 3.05) is 0 Å². The Morgan fingerprint density at radius 2 is 1.65 bits per heavy atom. The largest absolute Gasteiger partial charge is 0.475 e. The second-order valence-corrected chi connectivity index (χ2v) is 6.16. The van der Waals surface area contributed by atoms with Crippen LogP contribution in [0.4, 0.5) is 0 Å². The van der Waals surface area contributed by atoms with E-state index >= 15 is 0 Å². The molecule has 1 amide bonds. The molecule has 2 aromatic rings. The molecule has 2 rings (SSSR count). The lowest BCUT2D eigenvalue weighted by atomic mass is 10.2. The first-order valence-electron chi connectivity index (χ1n) is 7.54. The summed E-state index contributed by atoms with van der Waals surface area (Å²) in [7, 11) is 0. The Balaban J connectivity index is 2.13. The first kappa shape index (κ1) is 19.9. The van der Waals surface area contributed by atoms with E-state index in [0.29, 0.717) is 15.6 Å². The average Bonchev–Trinajstić information content (AvgIpc) is 2.62. The van der Waals surface area contributed by atoms with Crippen LogP contribution in [0.25, 0.3) is 0 Å². The number of nitrogens with zero attached hydrogens (tertiary/aromatic N) is 1. The van der Waals surface area contributed by atoms with E-state index < -0.39 is 24.1 Å². The number of hydrogen-bond acceptors (Lipinski definition) is 4. The lowest BCUT2D eigenvalue weighted by molar-refractivity contribution is -0.196. The van der Waals surface area contributed by atoms with Crippen molar-refractivity contribution < 1.29 is 24.3 Å². The summed E-state index contributed by atoms with van der Waals surface area (Å²) in [6, 6.07) is 13.9. The Hall–Kier alpha value is -2.41. The molecule has 0 atom stereocenters. The fourth-order valence-electron chi connectivity index (χ4n) is 2.04. The van der Waals surface area contributed by atoms with Gasteiger partial charge in [-0.25, -0.2) is 9.86 Å². The summed E-state index contributed by atoms with van der Waals surface area (Å²) in [4.78, 5) is 39.8. The maximum atomic E-state index is 12.3. The van der Waals surface area contributed by atoms with Crippen LogP contribution in [-0.4, -0.2) is 27.8 Å². The van der Waals surface area contributed by atoms with Crippen molar-refractivity contribution >= 4 is 40.9 Å². The predicted molar refractivity (Wildman–Crippen MR) is 95.5 cm³/mol. The fourth-order valence-corrected chi connectivity index (χ4v) is 2.36. The van der Waals surface area contributed by atoms with Gasteiger partial charge in [-0.15, -0.1) is 0 Å². The highest BCUT2D eigenvalue weighted by Gasteiger charge is 2.23. The zero-order valence-corrected chi connectivity index (χ0v) is 15.0. The molecular weight excluding hydrogens is 381 g/mol. The first-order chi connectivity index (χ1) is 12.4. The van der Waals surface area contributed by atoms with Crippen LogP contribution in [-0.2, 0) is 32.4 Å². The summed E-state index contributed by atoms with van der Waals surface area (Å²) in [6.45, 7) is 0.0601. The number of carbonyl (C=O) groups excluding carboxylic acids is 2. The summed E-state index contributed by atoms with van der Waals surface area (Å²) in [5, 5.41) is 10.3. The third-order valence-corrected chi connectivity index (χ3v) is 4.11. The maximum Gasteiger partial charge on any atom is 0.372 e. The number of hydroxylamine groups is 2. The van der Waals surface area contributed by atoms with E-state index in [1.165, 1.54) is 0 Å². The van der Waals surface area contributed by atoms with Gasteiger partial charge in [0.05, 0.1) is 23.0 Å². The highest BCUT2D eigenvalue weighted by Crippen LogP contribution is 2.23. The topological polar surface area (TPSA) is 83.9 Å². The van der Waals surface area contributed by atoms with Gasteiger partial charge in [0.15, 0.2) is 0 Å². The van der Waals surface area contributed by atoms with Crippen LogP contribution in [0.1, 0.15) is 17.5 Å². The number of halogens is 2. The highest BCUT2D eigenvalue weighted by molar-refractivity contribution is 6.42. The van der Waals surface area contributed by atoms with E-state index in [0.717, 1.165) is 10.6 Å². The third kappa shape index (κ3) is 5.84. The minimum Gasteiger partial charge on any atom is -0.475 e. The number of carbonyl (C=O) groups is 3. The van der Waals surface area contributed by atoms with Gasteiger partial charge in [-0.1, -0.05) is 59.6 Å². The van der Waals surface area contributed by atoms with Crippen LogP contribution >= 0.6 is 23.2 Å². The average molecular weight is 396 g/mol. The van der Waals surface area contributed by atoms with Gasteiger partial charge >= 0.3 is 5.97 Å². The van der Waals surface area contributed by atoms with Gasteiger partial charge in [-0.05, 0) is 23.3 Å². The van der Waals surface area contributed by atoms with Crippen LogP contribution in [0, 0.1) is 0 Å². The zero-order chi connectivity index (χ0) is 19.1. The van der Waals surface area contributed by atoms with E-state index in [4.69, 9.17) is 33.1 Å². The molecule has 0 aliphatic rings. The Labute approximate surface area is 159 Å². The molecule has 0 aliphatic carbocycles. The standard InChI is InChI=1S/C18H15Cl2NO5/c19-14-7-6-13(8-15(14)20)10-21(17(23)9-16(22)18(24)25)26-11-12-4-2-1-3-5-12/h1-8H,9-11H2,(H,24,25). The van der Waals surface area contributed by atoms with E-state index in [2.05, 4.69) is 0 Å². The van der Waals surface area contributed by atoms with Crippen LogP contribution in [0.3, 0.4) is 0 Å². The zero-order valence-electron chi connectivity index (χ0n) is 13.5. The second kappa shape index (κ2) is 9.33. The molecule has 0 saturated heterocycles. The van der Waals surface area contributed by atoms with Crippen molar-refractivity contribution in [1.82, 2.24) is 5.06 Å². The predicted octanol–water partition coefficient (Wildman–Crippen LogP) is 3.50. The molecule has 1 N–H and O–H groups in total. The van der Waals surface area contributed by atoms with Crippen molar-refractivity contribution in [1.29, 1.82) is 0 Å². The highest BCUT2D eigenvalue weighted by atomic mass is 35.5. The molecule has 0 fully saturated rings. The van der Waals surface area contributed by atoms with Gasteiger partial charge in [-0.2, -0.15) is 0 Å². The van der Waals surface area contributed by atoms with E-state index in [9.17, 15) is 14.4 Å². The smallest absolute Gasteiger partial charge is 0.372 e. The molecule has 0 aliphatic heterocycles. The first-order valence-corrected chi connectivity index (χ1v) is 8.29. The molecular formula is C18H15Cl2NO5. The van der Waals surface area contributed by atoms with Crippen LogP contribution in [0.5, 0.6) is 0 Å². The molecule has 0 unspecified atom stereocenters. The lowest BCUT2D eigenvalue weighted by Crippen LogP contribution is -2.33. The lowest BCUT2D eigenvalue weighted by Gasteiger charge is -2.22. The monoisotopic (exact) mass is 395 g/mol. The molecule has 0 bridgehead atoms. The molecule has 136 valence electrons. The number of rotatable bonds is 8. The number of carboxylic acids is 1. The molecule has 26 heavy (non-hydrogen) atoms. The van der Waals surface area contributed by atoms with Crippen LogP contribution in [0.2, 0.25) is 10.0 Å². The summed E-state index contributed by atoms with van der Waals surface area (Å²) in [5.41, 5.74) is 1.42. The van der Waals surface area contributed by atoms with Crippen molar-refractivity contribution in [3.05, 3.63) is 69.7 Å². The summed E-state index contributed by atoms with van der Waals surface area (Å²) >= 11 is 11.8. The second-order valence-electron chi connectivity index (χ2n) is 5.34. The van der Waals surface area contributed by atoms with Crippen molar-refractivity contribution in [2.24, 2.45) is 0 Å². The van der Waals surface area contributed by atoms with Gasteiger partial charge in [0.2, 0.25) is 5.78 Å². The number of amides is 1. The Morgan fingerprint density at radius 3 is 2.27 bits per heavy atom. The number of aliphatic carboxylic acids is 1. The molecule has 0 heterocycles. The number of Topliss-reactive ketones (excluding diaryl/α,β-unsaturated/α-hetero) is 1. The van der Waals surface area contributed by atoms with Gasteiger partial charge in [0, 0.05) is 0 Å². The number of hydrogen-bond donors (Lipinski definition) is 1. The Morgan fingerprint density at radius 1 is 0.962 bits per heavy atom.